The monoisotopic (exact) mass is 344 g/mol. The minimum Gasteiger partial charge on any atom is -0.497 e. The van der Waals surface area contributed by atoms with Crippen LogP contribution in [-0.4, -0.2) is 49.0 Å². The van der Waals surface area contributed by atoms with E-state index >= 15 is 0 Å². The van der Waals surface area contributed by atoms with E-state index in [-0.39, 0.29) is 12.1 Å². The number of aliphatic hydroxyl groups is 1. The van der Waals surface area contributed by atoms with Crippen molar-refractivity contribution in [2.75, 3.05) is 27.9 Å². The highest BCUT2D eigenvalue weighted by Gasteiger charge is 2.33. The van der Waals surface area contributed by atoms with Crippen molar-refractivity contribution < 1.29 is 19.3 Å². The van der Waals surface area contributed by atoms with Gasteiger partial charge in [-0.1, -0.05) is 12.1 Å². The first-order chi connectivity index (χ1) is 12.2. The minimum absolute atomic E-state index is 0.0998. The Hall–Kier alpha value is -2.31. The van der Waals surface area contributed by atoms with E-state index in [0.29, 0.717) is 31.0 Å². The SMILES string of the molecule is COc1cccc([C@H]2C[C@@H](O)CN2Cc2nccc(OC)c2OC)c1. The van der Waals surface area contributed by atoms with Crippen LogP contribution >= 0.6 is 0 Å². The summed E-state index contributed by atoms with van der Waals surface area (Å²) in [4.78, 5) is 6.67. The van der Waals surface area contributed by atoms with Gasteiger partial charge in [0.2, 0.25) is 0 Å². The fourth-order valence-corrected chi connectivity index (χ4v) is 3.41. The number of β-amino-alcohol motifs (C(OH)–C–C–N with tert-alkyl or cyclic N) is 1. The summed E-state index contributed by atoms with van der Waals surface area (Å²) in [6.45, 7) is 1.16. The Morgan fingerprint density at radius 1 is 1.16 bits per heavy atom. The number of benzene rings is 1. The highest BCUT2D eigenvalue weighted by molar-refractivity contribution is 5.42. The van der Waals surface area contributed by atoms with Crippen molar-refractivity contribution in [3.8, 4) is 17.2 Å². The zero-order valence-electron chi connectivity index (χ0n) is 14.8. The van der Waals surface area contributed by atoms with E-state index in [2.05, 4.69) is 16.0 Å². The third kappa shape index (κ3) is 3.70. The molecule has 0 amide bonds. The molecule has 1 aliphatic heterocycles. The van der Waals surface area contributed by atoms with Crippen molar-refractivity contribution in [1.29, 1.82) is 0 Å². The van der Waals surface area contributed by atoms with Crippen LogP contribution in [0.4, 0.5) is 0 Å². The van der Waals surface area contributed by atoms with E-state index in [4.69, 9.17) is 14.2 Å². The van der Waals surface area contributed by atoms with Crippen LogP contribution in [0, 0.1) is 0 Å². The molecule has 25 heavy (non-hydrogen) atoms. The molecule has 0 aliphatic carbocycles. The number of methoxy groups -OCH3 is 3. The van der Waals surface area contributed by atoms with E-state index in [1.54, 1.807) is 33.6 Å². The quantitative estimate of drug-likeness (QED) is 0.868. The first-order valence-electron chi connectivity index (χ1n) is 8.28. The second kappa shape index (κ2) is 7.72. The standard InChI is InChI=1S/C19H24N2O4/c1-23-15-6-4-5-13(9-15)17-10-14(22)11-21(17)12-16-19(25-3)18(24-2)7-8-20-16/h4-9,14,17,22H,10-12H2,1-3H3/t14-,17-/m1/s1. The maximum atomic E-state index is 10.2. The number of likely N-dealkylation sites (tertiary alicyclic amines) is 1. The molecule has 1 N–H and O–H groups in total. The second-order valence-electron chi connectivity index (χ2n) is 6.10. The van der Waals surface area contributed by atoms with Crippen LogP contribution in [0.3, 0.4) is 0 Å². The van der Waals surface area contributed by atoms with Crippen LogP contribution in [0.1, 0.15) is 23.7 Å². The highest BCUT2D eigenvalue weighted by atomic mass is 16.5. The normalized spacial score (nSPS) is 20.5. The van der Waals surface area contributed by atoms with Crippen molar-refractivity contribution in [1.82, 2.24) is 9.88 Å². The number of rotatable bonds is 6. The lowest BCUT2D eigenvalue weighted by Gasteiger charge is -2.25. The predicted molar refractivity (Wildman–Crippen MR) is 94.1 cm³/mol. The van der Waals surface area contributed by atoms with Crippen LogP contribution in [0.15, 0.2) is 36.5 Å². The lowest BCUT2D eigenvalue weighted by molar-refractivity contribution is 0.171. The Labute approximate surface area is 148 Å². The van der Waals surface area contributed by atoms with Gasteiger partial charge >= 0.3 is 0 Å². The molecule has 6 nitrogen and oxygen atoms in total. The number of nitrogens with zero attached hydrogens (tertiary/aromatic N) is 2. The van der Waals surface area contributed by atoms with Gasteiger partial charge in [0.15, 0.2) is 11.5 Å². The summed E-state index contributed by atoms with van der Waals surface area (Å²) < 4.78 is 16.2. The zero-order chi connectivity index (χ0) is 17.8. The molecule has 0 bridgehead atoms. The maximum Gasteiger partial charge on any atom is 0.183 e. The summed E-state index contributed by atoms with van der Waals surface area (Å²) in [6.07, 6.45) is 2.02. The smallest absolute Gasteiger partial charge is 0.183 e. The average Bonchev–Trinajstić information content (AvgIpc) is 3.01. The summed E-state index contributed by atoms with van der Waals surface area (Å²) in [5.74, 6) is 2.11. The van der Waals surface area contributed by atoms with Crippen LogP contribution in [0.5, 0.6) is 17.2 Å². The van der Waals surface area contributed by atoms with E-state index in [0.717, 1.165) is 17.0 Å². The number of aliphatic hydroxyl groups excluding tert-OH is 1. The van der Waals surface area contributed by atoms with Gasteiger partial charge in [0, 0.05) is 31.4 Å². The van der Waals surface area contributed by atoms with E-state index < -0.39 is 0 Å². The zero-order valence-corrected chi connectivity index (χ0v) is 14.8. The van der Waals surface area contributed by atoms with E-state index in [9.17, 15) is 5.11 Å². The second-order valence-corrected chi connectivity index (χ2v) is 6.10. The molecule has 1 aromatic carbocycles. The maximum absolute atomic E-state index is 10.2. The lowest BCUT2D eigenvalue weighted by atomic mass is 10.0. The topological polar surface area (TPSA) is 64.1 Å². The Balaban J connectivity index is 1.88. The molecule has 2 heterocycles. The molecule has 6 heteroatoms. The Morgan fingerprint density at radius 2 is 2.00 bits per heavy atom. The van der Waals surface area contributed by atoms with Gasteiger partial charge in [0.1, 0.15) is 11.4 Å². The fraction of sp³-hybridized carbons (Fsp3) is 0.421. The van der Waals surface area contributed by atoms with Crippen LogP contribution < -0.4 is 14.2 Å². The summed E-state index contributed by atoms with van der Waals surface area (Å²) >= 11 is 0. The van der Waals surface area contributed by atoms with Gasteiger partial charge in [-0.05, 0) is 24.1 Å². The molecule has 2 atom stereocenters. The van der Waals surface area contributed by atoms with Crippen molar-refractivity contribution >= 4 is 0 Å². The fourth-order valence-electron chi connectivity index (χ4n) is 3.41. The van der Waals surface area contributed by atoms with Crippen molar-refractivity contribution in [3.63, 3.8) is 0 Å². The number of hydrogen-bond donors (Lipinski definition) is 1. The molecule has 0 unspecified atom stereocenters. The molecule has 2 aromatic rings. The lowest BCUT2D eigenvalue weighted by Crippen LogP contribution is -2.25. The van der Waals surface area contributed by atoms with Gasteiger partial charge < -0.3 is 19.3 Å². The van der Waals surface area contributed by atoms with Crippen molar-refractivity contribution in [2.45, 2.75) is 25.1 Å². The molecule has 1 aromatic heterocycles. The van der Waals surface area contributed by atoms with Crippen molar-refractivity contribution in [3.05, 3.63) is 47.8 Å². The number of hydrogen-bond acceptors (Lipinski definition) is 6. The average molecular weight is 344 g/mol. The highest BCUT2D eigenvalue weighted by Crippen LogP contribution is 2.37. The number of pyridine rings is 1. The molecular formula is C19H24N2O4. The van der Waals surface area contributed by atoms with E-state index in [1.165, 1.54) is 0 Å². The van der Waals surface area contributed by atoms with Gasteiger partial charge in [-0.3, -0.25) is 9.88 Å². The Bertz CT molecular complexity index is 722. The van der Waals surface area contributed by atoms with Crippen LogP contribution in [-0.2, 0) is 6.54 Å². The molecular weight excluding hydrogens is 320 g/mol. The molecule has 3 rings (SSSR count). The first kappa shape index (κ1) is 17.5. The van der Waals surface area contributed by atoms with Crippen LogP contribution in [0.2, 0.25) is 0 Å². The molecule has 1 fully saturated rings. The van der Waals surface area contributed by atoms with Gasteiger partial charge in [-0.2, -0.15) is 0 Å². The molecule has 1 saturated heterocycles. The summed E-state index contributed by atoms with van der Waals surface area (Å²) in [5.41, 5.74) is 1.92. The third-order valence-electron chi connectivity index (χ3n) is 4.58. The molecule has 0 spiro atoms. The summed E-state index contributed by atoms with van der Waals surface area (Å²) in [5, 5.41) is 10.2. The molecule has 0 saturated carbocycles. The van der Waals surface area contributed by atoms with Crippen molar-refractivity contribution in [2.24, 2.45) is 0 Å². The van der Waals surface area contributed by atoms with E-state index in [1.807, 2.05) is 18.2 Å². The summed E-state index contributed by atoms with van der Waals surface area (Å²) in [7, 11) is 4.88. The number of ether oxygens (including phenoxy) is 3. The predicted octanol–water partition coefficient (Wildman–Crippen LogP) is 2.42. The Morgan fingerprint density at radius 3 is 2.72 bits per heavy atom. The molecule has 0 radical (unpaired) electrons. The largest absolute Gasteiger partial charge is 0.497 e. The minimum atomic E-state index is -0.368. The first-order valence-corrected chi connectivity index (χ1v) is 8.28. The Kier molecular flexibility index (Phi) is 5.40. The number of aromatic nitrogens is 1. The van der Waals surface area contributed by atoms with Crippen LogP contribution in [0.25, 0.3) is 0 Å². The van der Waals surface area contributed by atoms with Gasteiger partial charge in [0.05, 0.1) is 27.4 Å². The summed E-state index contributed by atoms with van der Waals surface area (Å²) in [6, 6.07) is 9.86. The molecule has 1 aliphatic rings. The van der Waals surface area contributed by atoms with Gasteiger partial charge in [-0.15, -0.1) is 0 Å². The van der Waals surface area contributed by atoms with Gasteiger partial charge in [-0.25, -0.2) is 0 Å². The molecule has 134 valence electrons. The van der Waals surface area contributed by atoms with Gasteiger partial charge in [0.25, 0.3) is 0 Å². The third-order valence-corrected chi connectivity index (χ3v) is 4.58.